The minimum absolute atomic E-state index is 0.635. The third-order valence-corrected chi connectivity index (χ3v) is 4.31. The summed E-state index contributed by atoms with van der Waals surface area (Å²) in [5.41, 5.74) is 6.92. The number of hydrogen-bond acceptors (Lipinski definition) is 5. The monoisotopic (exact) mass is 263 g/mol. The summed E-state index contributed by atoms with van der Waals surface area (Å²) < 4.78 is 0. The maximum Gasteiger partial charge on any atom is 0.180 e. The van der Waals surface area contributed by atoms with Crippen LogP contribution in [0.4, 0.5) is 5.13 Å². The number of thiazole rings is 1. The summed E-state index contributed by atoms with van der Waals surface area (Å²) in [4.78, 5) is 7.82. The number of piperidine rings is 1. The Morgan fingerprint density at radius 1 is 1.44 bits per heavy atom. The van der Waals surface area contributed by atoms with E-state index in [-0.39, 0.29) is 0 Å². The highest BCUT2D eigenvalue weighted by Gasteiger charge is 2.21. The standard InChI is InChI=1S/C12H17N5S/c13-12-14-7-10(18-12)8-17-5-2-9(3-6-17)11-1-4-15-16-11/h1,4,7,9H,2-3,5-6,8H2,(H2,13,14)(H,15,16). The van der Waals surface area contributed by atoms with Crippen molar-refractivity contribution in [2.75, 3.05) is 18.8 Å². The Labute approximate surface area is 110 Å². The van der Waals surface area contributed by atoms with Crippen LogP contribution in [0.3, 0.4) is 0 Å². The first-order valence-electron chi connectivity index (χ1n) is 6.23. The molecule has 18 heavy (non-hydrogen) atoms. The minimum atomic E-state index is 0.635. The molecule has 2 aromatic rings. The SMILES string of the molecule is Nc1ncc(CN2CCC(c3ccn[nH]3)CC2)s1. The van der Waals surface area contributed by atoms with Crippen molar-refractivity contribution in [3.8, 4) is 0 Å². The predicted molar refractivity (Wildman–Crippen MR) is 72.4 cm³/mol. The van der Waals surface area contributed by atoms with Crippen LogP contribution in [0, 0.1) is 0 Å². The predicted octanol–water partition coefficient (Wildman–Crippen LogP) is 1.83. The Morgan fingerprint density at radius 2 is 2.28 bits per heavy atom. The molecule has 0 radical (unpaired) electrons. The van der Waals surface area contributed by atoms with Gasteiger partial charge in [0, 0.05) is 35.4 Å². The molecule has 0 bridgehead atoms. The van der Waals surface area contributed by atoms with Crippen LogP contribution in [0.25, 0.3) is 0 Å². The summed E-state index contributed by atoms with van der Waals surface area (Å²) in [5, 5.41) is 7.77. The number of rotatable bonds is 3. The maximum absolute atomic E-state index is 5.65. The first-order valence-corrected chi connectivity index (χ1v) is 7.05. The molecule has 3 heterocycles. The fourth-order valence-corrected chi connectivity index (χ4v) is 3.24. The van der Waals surface area contributed by atoms with Crippen molar-refractivity contribution < 1.29 is 0 Å². The maximum atomic E-state index is 5.65. The number of nitrogens with two attached hydrogens (primary N) is 1. The normalized spacial score (nSPS) is 18.2. The molecule has 1 saturated heterocycles. The van der Waals surface area contributed by atoms with Crippen LogP contribution in [0.1, 0.15) is 29.3 Å². The molecule has 0 spiro atoms. The van der Waals surface area contributed by atoms with Gasteiger partial charge >= 0.3 is 0 Å². The second-order valence-corrected chi connectivity index (χ2v) is 5.87. The molecule has 0 saturated carbocycles. The lowest BCUT2D eigenvalue weighted by molar-refractivity contribution is 0.205. The molecule has 3 N–H and O–H groups in total. The van der Waals surface area contributed by atoms with Gasteiger partial charge in [0.25, 0.3) is 0 Å². The van der Waals surface area contributed by atoms with Gasteiger partial charge in [-0.05, 0) is 32.0 Å². The summed E-state index contributed by atoms with van der Waals surface area (Å²) >= 11 is 1.59. The van der Waals surface area contributed by atoms with Gasteiger partial charge in [-0.25, -0.2) is 4.98 Å². The molecule has 1 aliphatic heterocycles. The molecule has 0 atom stereocenters. The first-order chi connectivity index (χ1) is 8.81. The fraction of sp³-hybridized carbons (Fsp3) is 0.500. The van der Waals surface area contributed by atoms with Gasteiger partial charge in [0.05, 0.1) is 0 Å². The van der Waals surface area contributed by atoms with E-state index in [1.54, 1.807) is 11.3 Å². The highest BCUT2D eigenvalue weighted by atomic mass is 32.1. The molecule has 3 rings (SSSR count). The van der Waals surface area contributed by atoms with E-state index in [1.165, 1.54) is 23.4 Å². The summed E-state index contributed by atoms with van der Waals surface area (Å²) in [6.07, 6.45) is 6.11. The van der Waals surface area contributed by atoms with Gasteiger partial charge < -0.3 is 5.73 Å². The Balaban J connectivity index is 1.54. The molecule has 0 amide bonds. The number of nitrogens with one attached hydrogen (secondary N) is 1. The third-order valence-electron chi connectivity index (χ3n) is 3.50. The summed E-state index contributed by atoms with van der Waals surface area (Å²) in [6, 6.07) is 2.09. The molecule has 0 aromatic carbocycles. The first kappa shape index (κ1) is 11.7. The Kier molecular flexibility index (Phi) is 3.29. The lowest BCUT2D eigenvalue weighted by atomic mass is 9.94. The van der Waals surface area contributed by atoms with Gasteiger partial charge in [-0.2, -0.15) is 5.10 Å². The van der Waals surface area contributed by atoms with Crippen molar-refractivity contribution in [3.63, 3.8) is 0 Å². The zero-order chi connectivity index (χ0) is 12.4. The molecule has 0 aliphatic carbocycles. The van der Waals surface area contributed by atoms with E-state index in [1.807, 2.05) is 12.4 Å². The number of hydrogen-bond donors (Lipinski definition) is 2. The molecule has 1 fully saturated rings. The molecule has 5 nitrogen and oxygen atoms in total. The summed E-state index contributed by atoms with van der Waals surface area (Å²) in [5.74, 6) is 0.635. The minimum Gasteiger partial charge on any atom is -0.375 e. The molecule has 96 valence electrons. The average Bonchev–Trinajstić information content (AvgIpc) is 3.02. The highest BCUT2D eigenvalue weighted by molar-refractivity contribution is 7.15. The van der Waals surface area contributed by atoms with Gasteiger partial charge in [-0.1, -0.05) is 0 Å². The van der Waals surface area contributed by atoms with Gasteiger partial charge in [-0.3, -0.25) is 10.00 Å². The molecule has 1 aliphatic rings. The van der Waals surface area contributed by atoms with Crippen LogP contribution in [-0.2, 0) is 6.54 Å². The second-order valence-electron chi connectivity index (χ2n) is 4.73. The quantitative estimate of drug-likeness (QED) is 0.886. The Morgan fingerprint density at radius 3 is 2.89 bits per heavy atom. The van der Waals surface area contributed by atoms with Crippen LogP contribution in [0.15, 0.2) is 18.5 Å². The van der Waals surface area contributed by atoms with Crippen molar-refractivity contribution in [1.82, 2.24) is 20.1 Å². The van der Waals surface area contributed by atoms with Gasteiger partial charge in [0.1, 0.15) is 0 Å². The largest absolute Gasteiger partial charge is 0.375 e. The number of anilines is 1. The highest BCUT2D eigenvalue weighted by Crippen LogP contribution is 2.27. The fourth-order valence-electron chi connectivity index (χ4n) is 2.51. The number of nitrogen functional groups attached to an aromatic ring is 1. The second kappa shape index (κ2) is 5.07. The van der Waals surface area contributed by atoms with Crippen LogP contribution in [0.2, 0.25) is 0 Å². The van der Waals surface area contributed by atoms with Crippen molar-refractivity contribution in [2.24, 2.45) is 0 Å². The number of likely N-dealkylation sites (tertiary alicyclic amines) is 1. The van der Waals surface area contributed by atoms with Gasteiger partial charge in [0.15, 0.2) is 5.13 Å². The van der Waals surface area contributed by atoms with Crippen LogP contribution >= 0.6 is 11.3 Å². The zero-order valence-electron chi connectivity index (χ0n) is 10.2. The van der Waals surface area contributed by atoms with E-state index in [4.69, 9.17) is 5.73 Å². The Bertz CT molecular complexity index is 484. The van der Waals surface area contributed by atoms with Crippen molar-refractivity contribution in [3.05, 3.63) is 29.0 Å². The molecule has 0 unspecified atom stereocenters. The van der Waals surface area contributed by atoms with Crippen LogP contribution in [-0.4, -0.2) is 33.2 Å². The smallest absolute Gasteiger partial charge is 0.180 e. The van der Waals surface area contributed by atoms with Crippen molar-refractivity contribution in [2.45, 2.75) is 25.3 Å². The number of H-pyrrole nitrogens is 1. The zero-order valence-corrected chi connectivity index (χ0v) is 11.0. The number of aromatic amines is 1. The lowest BCUT2D eigenvalue weighted by Gasteiger charge is -2.30. The van der Waals surface area contributed by atoms with E-state index >= 15 is 0 Å². The average molecular weight is 263 g/mol. The molecule has 6 heteroatoms. The molecule has 2 aromatic heterocycles. The van der Waals surface area contributed by atoms with E-state index in [9.17, 15) is 0 Å². The summed E-state index contributed by atoms with van der Waals surface area (Å²) in [6.45, 7) is 3.23. The lowest BCUT2D eigenvalue weighted by Crippen LogP contribution is -2.32. The van der Waals surface area contributed by atoms with Crippen molar-refractivity contribution >= 4 is 16.5 Å². The molecular formula is C12H17N5S. The Hall–Kier alpha value is -1.40. The third kappa shape index (κ3) is 2.54. The topological polar surface area (TPSA) is 70.8 Å². The van der Waals surface area contributed by atoms with Crippen LogP contribution in [0.5, 0.6) is 0 Å². The van der Waals surface area contributed by atoms with Crippen LogP contribution < -0.4 is 5.73 Å². The van der Waals surface area contributed by atoms with E-state index in [0.717, 1.165) is 19.6 Å². The number of nitrogens with zero attached hydrogens (tertiary/aromatic N) is 3. The van der Waals surface area contributed by atoms with E-state index in [2.05, 4.69) is 26.1 Å². The summed E-state index contributed by atoms with van der Waals surface area (Å²) in [7, 11) is 0. The van der Waals surface area contributed by atoms with Gasteiger partial charge in [-0.15, -0.1) is 11.3 Å². The van der Waals surface area contributed by atoms with Crippen molar-refractivity contribution in [1.29, 1.82) is 0 Å². The van der Waals surface area contributed by atoms with Gasteiger partial charge in [0.2, 0.25) is 0 Å². The molecular weight excluding hydrogens is 246 g/mol. The number of aromatic nitrogens is 3. The van der Waals surface area contributed by atoms with E-state index < -0.39 is 0 Å². The van der Waals surface area contributed by atoms with E-state index in [0.29, 0.717) is 11.0 Å².